The zero-order valence-corrected chi connectivity index (χ0v) is 12.3. The number of rotatable bonds is 12. The third-order valence-electron chi connectivity index (χ3n) is 2.86. The summed E-state index contributed by atoms with van der Waals surface area (Å²) in [5.41, 5.74) is 0. The van der Waals surface area contributed by atoms with Gasteiger partial charge in [0.25, 0.3) is 0 Å². The zero-order valence-electron chi connectivity index (χ0n) is 11.5. The molecule has 0 aliphatic heterocycles. The molecule has 3 nitrogen and oxygen atoms in total. The number of nitrogens with one attached hydrogen (secondary N) is 1. The Hall–Kier alpha value is -0.0900. The monoisotopic (exact) mass is 263 g/mol. The lowest BCUT2D eigenvalue weighted by Gasteiger charge is -2.04. The highest BCUT2D eigenvalue weighted by Crippen LogP contribution is 2.07. The Kier molecular flexibility index (Phi) is 11.0. The van der Waals surface area contributed by atoms with Crippen molar-refractivity contribution in [2.24, 2.45) is 0 Å². The largest absolute Gasteiger partial charge is 0.316 e. The van der Waals surface area contributed by atoms with Gasteiger partial charge in [-0.25, -0.2) is 8.42 Å². The van der Waals surface area contributed by atoms with Gasteiger partial charge in [0.05, 0.1) is 5.75 Å². The van der Waals surface area contributed by atoms with Gasteiger partial charge in [-0.05, 0) is 13.0 Å². The van der Waals surface area contributed by atoms with E-state index in [1.807, 2.05) is 0 Å². The van der Waals surface area contributed by atoms with E-state index in [1.165, 1.54) is 51.2 Å². The second-order valence-electron chi connectivity index (χ2n) is 4.85. The van der Waals surface area contributed by atoms with Gasteiger partial charge in [0, 0.05) is 12.8 Å². The molecule has 0 atom stereocenters. The zero-order chi connectivity index (χ0) is 13.0. The molecule has 1 N–H and O–H groups in total. The average Bonchev–Trinajstić information content (AvgIpc) is 2.24. The lowest BCUT2D eigenvalue weighted by atomic mass is 10.1. The summed E-state index contributed by atoms with van der Waals surface area (Å²) in [6.07, 6.45) is 11.8. The fourth-order valence-corrected chi connectivity index (χ4v) is 2.28. The summed E-state index contributed by atoms with van der Waals surface area (Å²) in [7, 11) is -2.80. The van der Waals surface area contributed by atoms with Crippen LogP contribution in [0, 0.1) is 0 Å². The summed E-state index contributed by atoms with van der Waals surface area (Å²) in [5, 5.41) is 3.17. The van der Waals surface area contributed by atoms with E-state index in [9.17, 15) is 8.42 Å². The summed E-state index contributed by atoms with van der Waals surface area (Å²) < 4.78 is 21.7. The molecule has 0 aliphatic rings. The van der Waals surface area contributed by atoms with Crippen molar-refractivity contribution >= 4 is 9.84 Å². The van der Waals surface area contributed by atoms with Crippen LogP contribution in [0.15, 0.2) is 0 Å². The van der Waals surface area contributed by atoms with Crippen LogP contribution >= 0.6 is 0 Å². The molecule has 0 spiro atoms. The summed E-state index contributed by atoms with van der Waals surface area (Å²) >= 11 is 0. The molecule has 0 amide bonds. The highest BCUT2D eigenvalue weighted by atomic mass is 32.2. The van der Waals surface area contributed by atoms with Crippen molar-refractivity contribution in [3.63, 3.8) is 0 Å². The number of hydrogen-bond donors (Lipinski definition) is 1. The van der Waals surface area contributed by atoms with Crippen LogP contribution in [0.2, 0.25) is 0 Å². The summed E-state index contributed by atoms with van der Waals surface area (Å²) in [5.74, 6) is 0.254. The van der Waals surface area contributed by atoms with E-state index in [4.69, 9.17) is 0 Å². The smallest absolute Gasteiger partial charge is 0.148 e. The molecular formula is C13H29NO2S. The van der Waals surface area contributed by atoms with Crippen LogP contribution in [-0.4, -0.2) is 33.5 Å². The molecule has 0 fully saturated rings. The van der Waals surface area contributed by atoms with E-state index in [2.05, 4.69) is 12.2 Å². The quantitative estimate of drug-likeness (QED) is 0.551. The maximum Gasteiger partial charge on any atom is 0.148 e. The second-order valence-corrected chi connectivity index (χ2v) is 7.11. The van der Waals surface area contributed by atoms with Gasteiger partial charge in [0.15, 0.2) is 0 Å². The maximum atomic E-state index is 10.9. The van der Waals surface area contributed by atoms with Crippen LogP contribution in [-0.2, 0) is 9.84 Å². The van der Waals surface area contributed by atoms with Crippen LogP contribution in [0.1, 0.15) is 58.3 Å². The number of sulfone groups is 1. The molecule has 17 heavy (non-hydrogen) atoms. The minimum atomic E-state index is -2.80. The van der Waals surface area contributed by atoms with Crippen LogP contribution in [0.25, 0.3) is 0 Å². The molecule has 4 heteroatoms. The van der Waals surface area contributed by atoms with Crippen LogP contribution in [0.3, 0.4) is 0 Å². The fourth-order valence-electron chi connectivity index (χ4n) is 1.77. The maximum absolute atomic E-state index is 10.9. The van der Waals surface area contributed by atoms with Gasteiger partial charge in [0.2, 0.25) is 0 Å². The molecule has 0 unspecified atom stereocenters. The predicted octanol–water partition coefficient (Wildman–Crippen LogP) is 2.76. The topological polar surface area (TPSA) is 46.2 Å². The lowest BCUT2D eigenvalue weighted by Crippen LogP contribution is -2.23. The Bertz CT molecular complexity index is 250. The molecule has 0 aromatic heterocycles. The summed E-state index contributed by atoms with van der Waals surface area (Å²) in [4.78, 5) is 0. The lowest BCUT2D eigenvalue weighted by molar-refractivity contribution is 0.557. The van der Waals surface area contributed by atoms with E-state index >= 15 is 0 Å². The third-order valence-corrected chi connectivity index (χ3v) is 3.80. The van der Waals surface area contributed by atoms with Crippen molar-refractivity contribution < 1.29 is 8.42 Å². The van der Waals surface area contributed by atoms with Gasteiger partial charge >= 0.3 is 0 Å². The predicted molar refractivity (Wildman–Crippen MR) is 75.2 cm³/mol. The molecule has 0 aliphatic carbocycles. The Balaban J connectivity index is 3.04. The second kappa shape index (κ2) is 11.0. The Morgan fingerprint density at radius 2 is 1.35 bits per heavy atom. The first-order valence-corrected chi connectivity index (χ1v) is 9.00. The van der Waals surface area contributed by atoms with E-state index in [1.54, 1.807) is 0 Å². The van der Waals surface area contributed by atoms with Gasteiger partial charge in [0.1, 0.15) is 9.84 Å². The van der Waals surface area contributed by atoms with E-state index < -0.39 is 9.84 Å². The molecule has 0 heterocycles. The summed E-state index contributed by atoms with van der Waals surface area (Å²) in [6.45, 7) is 3.78. The van der Waals surface area contributed by atoms with E-state index in [0.717, 1.165) is 13.0 Å². The molecule has 0 aromatic carbocycles. The van der Waals surface area contributed by atoms with E-state index in [-0.39, 0.29) is 5.75 Å². The molecule has 0 rings (SSSR count). The van der Waals surface area contributed by atoms with Crippen LogP contribution in [0.5, 0.6) is 0 Å². The van der Waals surface area contributed by atoms with Crippen molar-refractivity contribution in [3.8, 4) is 0 Å². The SMILES string of the molecule is CCCCCCCCCCNCCS(C)(=O)=O. The van der Waals surface area contributed by atoms with Gasteiger partial charge in [-0.3, -0.25) is 0 Å². The Morgan fingerprint density at radius 3 is 1.88 bits per heavy atom. The van der Waals surface area contributed by atoms with Crippen molar-refractivity contribution in [3.05, 3.63) is 0 Å². The van der Waals surface area contributed by atoms with Crippen LogP contribution in [0.4, 0.5) is 0 Å². The highest BCUT2D eigenvalue weighted by Gasteiger charge is 1.99. The molecule has 0 radical (unpaired) electrons. The molecule has 104 valence electrons. The van der Waals surface area contributed by atoms with Gasteiger partial charge in [-0.2, -0.15) is 0 Å². The molecule has 0 bridgehead atoms. The first-order valence-electron chi connectivity index (χ1n) is 6.94. The Labute approximate surface area is 107 Å². The first kappa shape index (κ1) is 16.9. The highest BCUT2D eigenvalue weighted by molar-refractivity contribution is 7.90. The van der Waals surface area contributed by atoms with Gasteiger partial charge in [-0.15, -0.1) is 0 Å². The number of unbranched alkanes of at least 4 members (excludes halogenated alkanes) is 7. The average molecular weight is 263 g/mol. The summed E-state index contributed by atoms with van der Waals surface area (Å²) in [6, 6.07) is 0. The van der Waals surface area contributed by atoms with E-state index in [0.29, 0.717) is 6.54 Å². The first-order chi connectivity index (χ1) is 8.06. The number of hydrogen-bond acceptors (Lipinski definition) is 3. The molecular weight excluding hydrogens is 234 g/mol. The third kappa shape index (κ3) is 15.9. The molecule has 0 saturated carbocycles. The fraction of sp³-hybridized carbons (Fsp3) is 1.00. The van der Waals surface area contributed by atoms with Crippen molar-refractivity contribution in [2.75, 3.05) is 25.1 Å². The minimum Gasteiger partial charge on any atom is -0.316 e. The Morgan fingerprint density at radius 1 is 0.824 bits per heavy atom. The molecule has 0 aromatic rings. The normalized spacial score (nSPS) is 11.9. The van der Waals surface area contributed by atoms with Crippen molar-refractivity contribution in [1.29, 1.82) is 0 Å². The van der Waals surface area contributed by atoms with Crippen molar-refractivity contribution in [1.82, 2.24) is 5.32 Å². The minimum absolute atomic E-state index is 0.254. The van der Waals surface area contributed by atoms with Crippen LogP contribution < -0.4 is 5.32 Å². The van der Waals surface area contributed by atoms with Gasteiger partial charge in [-0.1, -0.05) is 51.9 Å². The molecule has 0 saturated heterocycles. The van der Waals surface area contributed by atoms with Gasteiger partial charge < -0.3 is 5.32 Å². The standard InChI is InChI=1S/C13H29NO2S/c1-3-4-5-6-7-8-9-10-11-14-12-13-17(2,15)16/h14H,3-13H2,1-2H3. The van der Waals surface area contributed by atoms with Crippen molar-refractivity contribution in [2.45, 2.75) is 58.3 Å².